The van der Waals surface area contributed by atoms with Crippen LogP contribution < -0.4 is 10.6 Å². The van der Waals surface area contributed by atoms with Crippen molar-refractivity contribution in [1.29, 1.82) is 0 Å². The largest absolute Gasteiger partial charge is 0.355 e. The highest BCUT2D eigenvalue weighted by Gasteiger charge is 2.09. The number of anilines is 1. The van der Waals surface area contributed by atoms with Crippen LogP contribution in [0.5, 0.6) is 0 Å². The number of aromatic nitrogens is 1. The number of carbonyl (C=O) groups is 2. The number of nitrogens with zero attached hydrogens (tertiary/aromatic N) is 1. The van der Waals surface area contributed by atoms with Crippen LogP contribution >= 0.6 is 27.5 Å². The predicted molar refractivity (Wildman–Crippen MR) is 89.1 cm³/mol. The minimum Gasteiger partial charge on any atom is -0.355 e. The second-order valence-corrected chi connectivity index (χ2v) is 5.75. The minimum atomic E-state index is -0.226. The summed E-state index contributed by atoms with van der Waals surface area (Å²) < 4.78 is 0.654. The number of benzene rings is 1. The van der Waals surface area contributed by atoms with E-state index in [1.807, 2.05) is 0 Å². The topological polar surface area (TPSA) is 71.1 Å². The lowest BCUT2D eigenvalue weighted by Crippen LogP contribution is -2.19. The molecule has 2 N–H and O–H groups in total. The Balaban J connectivity index is 2.05. The van der Waals surface area contributed by atoms with E-state index in [1.165, 1.54) is 6.20 Å². The highest BCUT2D eigenvalue weighted by Crippen LogP contribution is 2.23. The molecule has 2 amide bonds. The molecule has 1 aromatic heterocycles. The fourth-order valence-electron chi connectivity index (χ4n) is 1.82. The zero-order valence-corrected chi connectivity index (χ0v) is 14.0. The first-order valence-electron chi connectivity index (χ1n) is 6.41. The molecular weight excluding hydrogens is 370 g/mol. The number of hydrogen-bond donors (Lipinski definition) is 2. The molecule has 0 saturated carbocycles. The quantitative estimate of drug-likeness (QED) is 0.854. The summed E-state index contributed by atoms with van der Waals surface area (Å²) in [6, 6.07) is 8.53. The van der Waals surface area contributed by atoms with Gasteiger partial charge in [0.15, 0.2) is 0 Å². The number of carbonyl (C=O) groups excluding carboxylic acids is 2. The van der Waals surface area contributed by atoms with Gasteiger partial charge in [-0.05, 0) is 39.7 Å². The van der Waals surface area contributed by atoms with Gasteiger partial charge in [-0.25, -0.2) is 4.98 Å². The molecule has 1 heterocycles. The molecule has 0 aliphatic rings. The third-order valence-corrected chi connectivity index (χ3v) is 4.04. The van der Waals surface area contributed by atoms with Crippen LogP contribution in [0.1, 0.15) is 15.9 Å². The summed E-state index contributed by atoms with van der Waals surface area (Å²) in [6.07, 6.45) is 1.60. The summed E-state index contributed by atoms with van der Waals surface area (Å²) in [5.41, 5.74) is 1.26. The molecule has 0 unspecified atom stereocenters. The van der Waals surface area contributed by atoms with Crippen molar-refractivity contribution in [2.45, 2.75) is 6.42 Å². The molecule has 0 bridgehead atoms. The van der Waals surface area contributed by atoms with Gasteiger partial charge in [0.05, 0.1) is 11.4 Å². The van der Waals surface area contributed by atoms with Gasteiger partial charge in [-0.3, -0.25) is 9.59 Å². The second-order valence-electron chi connectivity index (χ2n) is 4.49. The normalized spacial score (nSPS) is 10.1. The Hall–Kier alpha value is -1.92. The van der Waals surface area contributed by atoms with Gasteiger partial charge >= 0.3 is 0 Å². The van der Waals surface area contributed by atoms with E-state index in [9.17, 15) is 9.59 Å². The maximum Gasteiger partial charge on any atom is 0.251 e. The average Bonchev–Trinajstić information content (AvgIpc) is 2.50. The number of hydrogen-bond acceptors (Lipinski definition) is 3. The van der Waals surface area contributed by atoms with Crippen LogP contribution in [0.15, 0.2) is 41.0 Å². The first kappa shape index (κ1) is 16.5. The molecule has 0 saturated heterocycles. The van der Waals surface area contributed by atoms with E-state index in [2.05, 4.69) is 31.5 Å². The molecule has 0 aliphatic heterocycles. The van der Waals surface area contributed by atoms with Crippen molar-refractivity contribution in [2.24, 2.45) is 0 Å². The van der Waals surface area contributed by atoms with Crippen LogP contribution in [0, 0.1) is 0 Å². The Bertz CT molecular complexity index is 722. The molecule has 2 rings (SSSR count). The Labute approximate surface area is 141 Å². The minimum absolute atomic E-state index is 0.146. The van der Waals surface area contributed by atoms with Crippen LogP contribution in [0.25, 0.3) is 0 Å². The van der Waals surface area contributed by atoms with Crippen molar-refractivity contribution >= 4 is 45.2 Å². The molecule has 2 aromatic rings. The molecule has 5 nitrogen and oxygen atoms in total. The maximum atomic E-state index is 12.0. The Kier molecular flexibility index (Phi) is 5.51. The predicted octanol–water partition coefficient (Wildman–Crippen LogP) is 3.04. The average molecular weight is 383 g/mol. The molecule has 0 radical (unpaired) electrons. The van der Waals surface area contributed by atoms with E-state index < -0.39 is 0 Å². The summed E-state index contributed by atoms with van der Waals surface area (Å²) in [5, 5.41) is 5.70. The molecule has 1 aromatic carbocycles. The van der Waals surface area contributed by atoms with E-state index in [-0.39, 0.29) is 18.2 Å². The lowest BCUT2D eigenvalue weighted by molar-refractivity contribution is -0.115. The van der Waals surface area contributed by atoms with Gasteiger partial charge in [0.25, 0.3) is 5.91 Å². The van der Waals surface area contributed by atoms with Gasteiger partial charge in [-0.2, -0.15) is 0 Å². The summed E-state index contributed by atoms with van der Waals surface area (Å²) in [6.45, 7) is 0. The number of nitrogens with one attached hydrogen (secondary N) is 2. The monoisotopic (exact) mass is 381 g/mol. The Morgan fingerprint density at radius 3 is 2.77 bits per heavy atom. The first-order chi connectivity index (χ1) is 10.5. The third kappa shape index (κ3) is 4.29. The smallest absolute Gasteiger partial charge is 0.251 e. The van der Waals surface area contributed by atoms with E-state index in [0.29, 0.717) is 20.9 Å². The van der Waals surface area contributed by atoms with E-state index in [1.54, 1.807) is 37.4 Å². The van der Waals surface area contributed by atoms with Gasteiger partial charge < -0.3 is 10.6 Å². The van der Waals surface area contributed by atoms with Gasteiger partial charge in [-0.15, -0.1) is 0 Å². The zero-order valence-electron chi connectivity index (χ0n) is 11.7. The fraction of sp³-hybridized carbons (Fsp3) is 0.133. The van der Waals surface area contributed by atoms with Crippen molar-refractivity contribution in [3.8, 4) is 0 Å². The van der Waals surface area contributed by atoms with Crippen LogP contribution in [0.2, 0.25) is 5.02 Å². The molecule has 0 fully saturated rings. The van der Waals surface area contributed by atoms with Gasteiger partial charge in [0, 0.05) is 23.3 Å². The van der Waals surface area contributed by atoms with Crippen molar-refractivity contribution in [3.63, 3.8) is 0 Å². The third-order valence-electron chi connectivity index (χ3n) is 2.86. The summed E-state index contributed by atoms with van der Waals surface area (Å²) in [4.78, 5) is 27.6. The fourth-order valence-corrected chi connectivity index (χ4v) is 2.24. The number of rotatable bonds is 4. The van der Waals surface area contributed by atoms with Crippen molar-refractivity contribution in [3.05, 3.63) is 57.2 Å². The SMILES string of the molecule is CNC(=O)c1cccc(CC(=O)Nc2cc(Br)c(Cl)cn2)c1. The van der Waals surface area contributed by atoms with Gasteiger partial charge in [0.2, 0.25) is 5.91 Å². The Morgan fingerprint density at radius 1 is 1.32 bits per heavy atom. The molecule has 0 atom stereocenters. The molecule has 22 heavy (non-hydrogen) atoms. The molecule has 7 heteroatoms. The van der Waals surface area contributed by atoms with Crippen molar-refractivity contribution in [2.75, 3.05) is 12.4 Å². The Morgan fingerprint density at radius 2 is 2.09 bits per heavy atom. The lowest BCUT2D eigenvalue weighted by atomic mass is 10.1. The molecule has 0 aliphatic carbocycles. The lowest BCUT2D eigenvalue weighted by Gasteiger charge is -2.07. The number of amides is 2. The highest BCUT2D eigenvalue weighted by atomic mass is 79.9. The summed E-state index contributed by atoms with van der Waals surface area (Å²) in [7, 11) is 1.56. The standard InChI is InChI=1S/C15H13BrClN3O2/c1-18-15(22)10-4-2-3-9(5-10)6-14(21)20-13-7-11(16)12(17)8-19-13/h2-5,7-8H,6H2,1H3,(H,18,22)(H,19,20,21). The van der Waals surface area contributed by atoms with E-state index in [0.717, 1.165) is 5.56 Å². The van der Waals surface area contributed by atoms with Gasteiger partial charge in [-0.1, -0.05) is 23.7 Å². The zero-order chi connectivity index (χ0) is 16.1. The molecule has 114 valence electrons. The van der Waals surface area contributed by atoms with Crippen molar-refractivity contribution in [1.82, 2.24) is 10.3 Å². The van der Waals surface area contributed by atoms with E-state index in [4.69, 9.17) is 11.6 Å². The molecule has 0 spiro atoms. The van der Waals surface area contributed by atoms with Crippen LogP contribution in [0.3, 0.4) is 0 Å². The highest BCUT2D eigenvalue weighted by molar-refractivity contribution is 9.10. The van der Waals surface area contributed by atoms with Crippen LogP contribution in [-0.2, 0) is 11.2 Å². The van der Waals surface area contributed by atoms with Gasteiger partial charge in [0.1, 0.15) is 5.82 Å². The number of halogens is 2. The maximum absolute atomic E-state index is 12.0. The first-order valence-corrected chi connectivity index (χ1v) is 7.58. The number of pyridine rings is 1. The van der Waals surface area contributed by atoms with Crippen LogP contribution in [-0.4, -0.2) is 23.8 Å². The summed E-state index contributed by atoms with van der Waals surface area (Å²) in [5.74, 6) is -0.00920. The second kappa shape index (κ2) is 7.38. The van der Waals surface area contributed by atoms with E-state index >= 15 is 0 Å². The summed E-state index contributed by atoms with van der Waals surface area (Å²) >= 11 is 9.12. The van der Waals surface area contributed by atoms with Crippen LogP contribution in [0.4, 0.5) is 5.82 Å². The molecular formula is C15H13BrClN3O2. The van der Waals surface area contributed by atoms with Crippen molar-refractivity contribution < 1.29 is 9.59 Å².